The number of hydrogen-bond acceptors (Lipinski definition) is 4. The molecule has 31 heavy (non-hydrogen) atoms. The van der Waals surface area contributed by atoms with Gasteiger partial charge in [-0.15, -0.1) is 0 Å². The van der Waals surface area contributed by atoms with Crippen molar-refractivity contribution in [1.82, 2.24) is 9.88 Å². The normalized spacial score (nSPS) is 17.9. The Morgan fingerprint density at radius 1 is 1.19 bits per heavy atom. The van der Waals surface area contributed by atoms with Crippen molar-refractivity contribution < 1.29 is 22.8 Å². The lowest BCUT2D eigenvalue weighted by Crippen LogP contribution is -2.52. The zero-order chi connectivity index (χ0) is 22.0. The predicted molar refractivity (Wildman–Crippen MR) is 111 cm³/mol. The number of nitrogens with one attached hydrogen (secondary N) is 1. The Bertz CT molecular complexity index is 1080. The van der Waals surface area contributed by atoms with Crippen LogP contribution < -0.4 is 5.32 Å². The molecule has 2 amide bonds. The standard InChI is InChI=1S/C23H21F2N3O3/c1-15-4-6-18(7-5-15)27-21(29)17-12-23(24,25)14-28(13-17)22(30)19-11-16(8-9-26-19)20-3-2-10-31-20/h2-11,17H,12-14H2,1H3,(H,27,29). The average molecular weight is 425 g/mol. The number of hydrogen-bond donors (Lipinski definition) is 1. The number of halogens is 2. The summed E-state index contributed by atoms with van der Waals surface area (Å²) in [7, 11) is 0. The van der Waals surface area contributed by atoms with Gasteiger partial charge >= 0.3 is 0 Å². The highest BCUT2D eigenvalue weighted by Crippen LogP contribution is 2.32. The topological polar surface area (TPSA) is 75.4 Å². The zero-order valence-electron chi connectivity index (χ0n) is 16.8. The maximum atomic E-state index is 14.4. The van der Waals surface area contributed by atoms with Crippen molar-refractivity contribution in [3.05, 3.63) is 72.2 Å². The number of furan rings is 1. The molecule has 1 fully saturated rings. The molecule has 0 radical (unpaired) electrons. The number of aromatic nitrogens is 1. The van der Waals surface area contributed by atoms with Crippen LogP contribution in [0.15, 0.2) is 65.4 Å². The van der Waals surface area contributed by atoms with Crippen molar-refractivity contribution in [3.8, 4) is 11.3 Å². The molecule has 1 atom stereocenters. The third-order valence-corrected chi connectivity index (χ3v) is 5.17. The van der Waals surface area contributed by atoms with Crippen molar-refractivity contribution in [2.45, 2.75) is 19.3 Å². The molecular formula is C23H21F2N3O3. The van der Waals surface area contributed by atoms with Crippen LogP contribution in [0.3, 0.4) is 0 Å². The number of likely N-dealkylation sites (tertiary alicyclic amines) is 1. The third-order valence-electron chi connectivity index (χ3n) is 5.17. The molecule has 0 bridgehead atoms. The van der Waals surface area contributed by atoms with E-state index in [-0.39, 0.29) is 12.2 Å². The first kappa shape index (κ1) is 20.7. The Labute approximate surface area is 177 Å². The average Bonchev–Trinajstić information content (AvgIpc) is 3.29. The number of nitrogens with zero attached hydrogens (tertiary/aromatic N) is 2. The monoisotopic (exact) mass is 425 g/mol. The summed E-state index contributed by atoms with van der Waals surface area (Å²) in [6, 6.07) is 13.6. The fourth-order valence-electron chi connectivity index (χ4n) is 3.62. The van der Waals surface area contributed by atoms with Gasteiger partial charge in [0.15, 0.2) is 0 Å². The molecule has 0 aliphatic carbocycles. The van der Waals surface area contributed by atoms with E-state index in [2.05, 4.69) is 10.3 Å². The number of anilines is 1. The molecule has 1 aromatic carbocycles. The summed E-state index contributed by atoms with van der Waals surface area (Å²) >= 11 is 0. The second kappa shape index (κ2) is 8.29. The van der Waals surface area contributed by atoms with Gasteiger partial charge in [-0.1, -0.05) is 17.7 Å². The van der Waals surface area contributed by atoms with Crippen LogP contribution in [0.5, 0.6) is 0 Å². The van der Waals surface area contributed by atoms with Crippen molar-refractivity contribution in [2.24, 2.45) is 5.92 Å². The van der Waals surface area contributed by atoms with Crippen molar-refractivity contribution in [1.29, 1.82) is 0 Å². The molecule has 0 saturated carbocycles. The predicted octanol–water partition coefficient (Wildman–Crippen LogP) is 4.39. The van der Waals surface area contributed by atoms with E-state index in [0.29, 0.717) is 17.0 Å². The second-order valence-corrected chi connectivity index (χ2v) is 7.71. The van der Waals surface area contributed by atoms with E-state index >= 15 is 0 Å². The summed E-state index contributed by atoms with van der Waals surface area (Å²) in [5.41, 5.74) is 2.17. The number of alkyl halides is 2. The molecule has 160 valence electrons. The van der Waals surface area contributed by atoms with Crippen LogP contribution in [0, 0.1) is 12.8 Å². The van der Waals surface area contributed by atoms with Gasteiger partial charge in [0.2, 0.25) is 5.91 Å². The molecule has 3 aromatic rings. The van der Waals surface area contributed by atoms with Crippen LogP contribution in [0.4, 0.5) is 14.5 Å². The number of carbonyl (C=O) groups is 2. The summed E-state index contributed by atoms with van der Waals surface area (Å²) in [6.45, 7) is 1.04. The van der Waals surface area contributed by atoms with E-state index in [9.17, 15) is 18.4 Å². The summed E-state index contributed by atoms with van der Waals surface area (Å²) < 4.78 is 34.2. The van der Waals surface area contributed by atoms with Gasteiger partial charge in [-0.05, 0) is 43.3 Å². The van der Waals surface area contributed by atoms with Crippen LogP contribution in [-0.4, -0.2) is 40.7 Å². The first-order chi connectivity index (χ1) is 14.8. The van der Waals surface area contributed by atoms with E-state index in [1.807, 2.05) is 19.1 Å². The van der Waals surface area contributed by atoms with Crippen LogP contribution in [-0.2, 0) is 4.79 Å². The number of pyridine rings is 1. The Balaban J connectivity index is 1.51. The van der Waals surface area contributed by atoms with Gasteiger partial charge in [-0.3, -0.25) is 14.6 Å². The summed E-state index contributed by atoms with van der Waals surface area (Å²) in [6.07, 6.45) is 2.31. The van der Waals surface area contributed by atoms with Gasteiger partial charge in [0, 0.05) is 30.4 Å². The number of aryl methyl sites for hydroxylation is 1. The van der Waals surface area contributed by atoms with E-state index in [1.165, 1.54) is 18.5 Å². The van der Waals surface area contributed by atoms with Crippen LogP contribution in [0.1, 0.15) is 22.5 Å². The molecular weight excluding hydrogens is 404 g/mol. The van der Waals surface area contributed by atoms with E-state index in [1.54, 1.807) is 30.3 Å². The van der Waals surface area contributed by atoms with Crippen molar-refractivity contribution in [3.63, 3.8) is 0 Å². The molecule has 8 heteroatoms. The molecule has 1 aliphatic heterocycles. The smallest absolute Gasteiger partial charge is 0.272 e. The molecule has 1 N–H and O–H groups in total. The second-order valence-electron chi connectivity index (χ2n) is 7.71. The quantitative estimate of drug-likeness (QED) is 0.673. The largest absolute Gasteiger partial charge is 0.464 e. The fourth-order valence-corrected chi connectivity index (χ4v) is 3.62. The zero-order valence-corrected chi connectivity index (χ0v) is 16.8. The van der Waals surface area contributed by atoms with E-state index in [4.69, 9.17) is 4.42 Å². The van der Waals surface area contributed by atoms with Crippen molar-refractivity contribution >= 4 is 17.5 Å². The lowest BCUT2D eigenvalue weighted by Gasteiger charge is -2.36. The number of piperidine rings is 1. The Kier molecular flexibility index (Phi) is 5.54. The maximum Gasteiger partial charge on any atom is 0.272 e. The Morgan fingerprint density at radius 2 is 1.97 bits per heavy atom. The van der Waals surface area contributed by atoms with Crippen LogP contribution in [0.25, 0.3) is 11.3 Å². The molecule has 1 unspecified atom stereocenters. The van der Waals surface area contributed by atoms with Gasteiger partial charge in [-0.25, -0.2) is 8.78 Å². The van der Waals surface area contributed by atoms with Gasteiger partial charge in [0.25, 0.3) is 11.8 Å². The Hall–Kier alpha value is -3.55. The SMILES string of the molecule is Cc1ccc(NC(=O)C2CN(C(=O)c3cc(-c4ccco4)ccn3)CC(F)(F)C2)cc1. The highest BCUT2D eigenvalue weighted by molar-refractivity contribution is 5.96. The summed E-state index contributed by atoms with van der Waals surface area (Å²) in [4.78, 5) is 30.6. The van der Waals surface area contributed by atoms with E-state index in [0.717, 1.165) is 10.5 Å². The van der Waals surface area contributed by atoms with Gasteiger partial charge < -0.3 is 14.6 Å². The number of carbonyl (C=O) groups excluding carboxylic acids is 2. The van der Waals surface area contributed by atoms with Gasteiger partial charge in [0.1, 0.15) is 11.5 Å². The van der Waals surface area contributed by atoms with Gasteiger partial charge in [-0.2, -0.15) is 0 Å². The lowest BCUT2D eigenvalue weighted by atomic mass is 9.93. The molecule has 3 heterocycles. The molecule has 0 spiro atoms. The highest BCUT2D eigenvalue weighted by Gasteiger charge is 2.44. The lowest BCUT2D eigenvalue weighted by molar-refractivity contribution is -0.130. The molecule has 1 saturated heterocycles. The number of amides is 2. The Morgan fingerprint density at radius 3 is 2.68 bits per heavy atom. The molecule has 1 aliphatic rings. The van der Waals surface area contributed by atoms with Gasteiger partial charge in [0.05, 0.1) is 18.7 Å². The minimum Gasteiger partial charge on any atom is -0.464 e. The summed E-state index contributed by atoms with van der Waals surface area (Å²) in [5.74, 6) is -4.88. The summed E-state index contributed by atoms with van der Waals surface area (Å²) in [5, 5.41) is 2.67. The third kappa shape index (κ3) is 4.79. The molecule has 4 rings (SSSR count). The minimum atomic E-state index is -3.18. The first-order valence-electron chi connectivity index (χ1n) is 9.85. The van der Waals surface area contributed by atoms with E-state index < -0.39 is 36.6 Å². The fraction of sp³-hybridized carbons (Fsp3) is 0.261. The molecule has 2 aromatic heterocycles. The van der Waals surface area contributed by atoms with Crippen LogP contribution in [0.2, 0.25) is 0 Å². The maximum absolute atomic E-state index is 14.4. The highest BCUT2D eigenvalue weighted by atomic mass is 19.3. The molecule has 6 nitrogen and oxygen atoms in total. The van der Waals surface area contributed by atoms with Crippen LogP contribution >= 0.6 is 0 Å². The minimum absolute atomic E-state index is 0.0179. The number of benzene rings is 1. The van der Waals surface area contributed by atoms with Crippen molar-refractivity contribution in [2.75, 3.05) is 18.4 Å². The number of rotatable bonds is 4. The first-order valence-corrected chi connectivity index (χ1v) is 9.85.